The van der Waals surface area contributed by atoms with Crippen LogP contribution in [0.4, 0.5) is 5.69 Å². The maximum Gasteiger partial charge on any atom is 0.251 e. The summed E-state index contributed by atoms with van der Waals surface area (Å²) < 4.78 is 2.15. The Morgan fingerprint density at radius 1 is 1.04 bits per heavy atom. The van der Waals surface area contributed by atoms with Gasteiger partial charge in [-0.15, -0.1) is 10.2 Å². The van der Waals surface area contributed by atoms with E-state index < -0.39 is 0 Å². The molecule has 0 bridgehead atoms. The summed E-state index contributed by atoms with van der Waals surface area (Å²) in [6.07, 6.45) is 5.91. The Labute approximate surface area is 158 Å². The minimum absolute atomic E-state index is 0.146. The van der Waals surface area contributed by atoms with Gasteiger partial charge >= 0.3 is 0 Å². The quantitative estimate of drug-likeness (QED) is 0.901. The van der Waals surface area contributed by atoms with Gasteiger partial charge in [-0.25, -0.2) is 0 Å². The summed E-state index contributed by atoms with van der Waals surface area (Å²) in [6, 6.07) is 7.01. The second-order valence-corrected chi connectivity index (χ2v) is 7.33. The van der Waals surface area contributed by atoms with Crippen molar-refractivity contribution in [3.05, 3.63) is 41.5 Å². The van der Waals surface area contributed by atoms with Crippen LogP contribution in [0, 0.1) is 0 Å². The van der Waals surface area contributed by atoms with Crippen molar-refractivity contribution >= 4 is 17.5 Å². The molecule has 1 aromatic heterocycles. The first-order valence-corrected chi connectivity index (χ1v) is 9.77. The van der Waals surface area contributed by atoms with E-state index in [9.17, 15) is 9.59 Å². The number of fused-ring (bicyclic) bond motifs is 1. The molecule has 2 amide bonds. The number of nitrogens with zero attached hydrogens (tertiary/aromatic N) is 4. The van der Waals surface area contributed by atoms with Crippen LogP contribution in [-0.4, -0.2) is 33.1 Å². The number of amides is 2. The third-order valence-electron chi connectivity index (χ3n) is 5.39. The number of aromatic nitrogens is 3. The predicted octanol–water partition coefficient (Wildman–Crippen LogP) is 2.62. The number of nitrogens with one attached hydrogen (secondary N) is 1. The van der Waals surface area contributed by atoms with Gasteiger partial charge in [-0.1, -0.05) is 6.42 Å². The second kappa shape index (κ2) is 7.50. The maximum atomic E-state index is 12.6. The van der Waals surface area contributed by atoms with Crippen molar-refractivity contribution in [2.24, 2.45) is 0 Å². The molecule has 1 aromatic carbocycles. The van der Waals surface area contributed by atoms with Crippen LogP contribution in [0.25, 0.3) is 0 Å². The van der Waals surface area contributed by atoms with Crippen LogP contribution in [0.2, 0.25) is 0 Å². The number of rotatable bonds is 4. The molecule has 7 nitrogen and oxygen atoms in total. The van der Waals surface area contributed by atoms with E-state index in [4.69, 9.17) is 0 Å². The number of hydrogen-bond donors (Lipinski definition) is 1. The third kappa shape index (κ3) is 3.59. The van der Waals surface area contributed by atoms with Gasteiger partial charge < -0.3 is 14.8 Å². The standard InChI is InChI=1S/C20H25N5O2/c1-14(19-23-22-17-6-3-2-4-12-25(17)19)21-20(27)15-8-10-16(11-9-15)24-13-5-7-18(24)26/h8-11,14H,2-7,12-13H2,1H3,(H,21,27). The number of carbonyl (C=O) groups excluding carboxylic acids is 2. The van der Waals surface area contributed by atoms with Crippen LogP contribution >= 0.6 is 0 Å². The summed E-state index contributed by atoms with van der Waals surface area (Å²) in [5, 5.41) is 11.6. The van der Waals surface area contributed by atoms with Gasteiger partial charge in [0.1, 0.15) is 5.82 Å². The Balaban J connectivity index is 1.44. The van der Waals surface area contributed by atoms with Gasteiger partial charge in [-0.05, 0) is 50.5 Å². The van der Waals surface area contributed by atoms with Gasteiger partial charge in [-0.3, -0.25) is 9.59 Å². The highest BCUT2D eigenvalue weighted by molar-refractivity contribution is 5.97. The zero-order valence-corrected chi connectivity index (χ0v) is 15.6. The van der Waals surface area contributed by atoms with Crippen LogP contribution in [0.5, 0.6) is 0 Å². The van der Waals surface area contributed by atoms with Crippen LogP contribution in [0.3, 0.4) is 0 Å². The van der Waals surface area contributed by atoms with E-state index in [0.29, 0.717) is 12.0 Å². The zero-order valence-electron chi connectivity index (χ0n) is 15.6. The number of anilines is 1. The van der Waals surface area contributed by atoms with Crippen molar-refractivity contribution in [2.75, 3.05) is 11.4 Å². The first kappa shape index (κ1) is 17.7. The van der Waals surface area contributed by atoms with Gasteiger partial charge in [0.25, 0.3) is 5.91 Å². The molecule has 0 aliphatic carbocycles. The van der Waals surface area contributed by atoms with Gasteiger partial charge in [0, 0.05) is 37.2 Å². The molecule has 1 unspecified atom stereocenters. The molecule has 1 fully saturated rings. The third-order valence-corrected chi connectivity index (χ3v) is 5.39. The summed E-state index contributed by atoms with van der Waals surface area (Å²) in [7, 11) is 0. The molecular formula is C20H25N5O2. The van der Waals surface area contributed by atoms with E-state index >= 15 is 0 Å². The molecule has 142 valence electrons. The lowest BCUT2D eigenvalue weighted by Gasteiger charge is -2.17. The molecule has 3 heterocycles. The molecule has 0 saturated carbocycles. The largest absolute Gasteiger partial charge is 0.342 e. The normalized spacial score (nSPS) is 18.1. The lowest BCUT2D eigenvalue weighted by molar-refractivity contribution is -0.117. The predicted molar refractivity (Wildman–Crippen MR) is 101 cm³/mol. The van der Waals surface area contributed by atoms with E-state index in [2.05, 4.69) is 20.1 Å². The Bertz CT molecular complexity index is 843. The molecule has 7 heteroatoms. The molecule has 0 radical (unpaired) electrons. The lowest BCUT2D eigenvalue weighted by atomic mass is 10.1. The average Bonchev–Trinajstić information content (AvgIpc) is 3.21. The number of carbonyl (C=O) groups is 2. The SMILES string of the molecule is CC(NC(=O)c1ccc(N2CCCC2=O)cc1)c1nnc2n1CCCCC2. The Morgan fingerprint density at radius 3 is 2.59 bits per heavy atom. The number of benzene rings is 1. The molecule has 4 rings (SSSR count). The Hall–Kier alpha value is -2.70. The Morgan fingerprint density at radius 2 is 1.85 bits per heavy atom. The highest BCUT2D eigenvalue weighted by atomic mass is 16.2. The van der Waals surface area contributed by atoms with Crippen molar-refractivity contribution in [3.63, 3.8) is 0 Å². The van der Waals surface area contributed by atoms with Crippen molar-refractivity contribution in [1.82, 2.24) is 20.1 Å². The molecule has 1 saturated heterocycles. The van der Waals surface area contributed by atoms with Crippen LogP contribution in [-0.2, 0) is 17.8 Å². The summed E-state index contributed by atoms with van der Waals surface area (Å²) >= 11 is 0. The lowest BCUT2D eigenvalue weighted by Crippen LogP contribution is -2.29. The van der Waals surface area contributed by atoms with Crippen LogP contribution in [0.15, 0.2) is 24.3 Å². The van der Waals surface area contributed by atoms with E-state index in [0.717, 1.165) is 56.1 Å². The molecule has 27 heavy (non-hydrogen) atoms. The second-order valence-electron chi connectivity index (χ2n) is 7.33. The van der Waals surface area contributed by atoms with Crippen molar-refractivity contribution in [1.29, 1.82) is 0 Å². The van der Waals surface area contributed by atoms with Crippen molar-refractivity contribution in [2.45, 2.75) is 58.0 Å². The first-order chi connectivity index (χ1) is 13.1. The fraction of sp³-hybridized carbons (Fsp3) is 0.500. The molecule has 2 aromatic rings. The summed E-state index contributed by atoms with van der Waals surface area (Å²) in [5.41, 5.74) is 1.43. The van der Waals surface area contributed by atoms with E-state index in [1.165, 1.54) is 6.42 Å². The fourth-order valence-electron chi connectivity index (χ4n) is 3.89. The zero-order chi connectivity index (χ0) is 18.8. The van der Waals surface area contributed by atoms with Gasteiger partial charge in [0.2, 0.25) is 5.91 Å². The topological polar surface area (TPSA) is 80.1 Å². The highest BCUT2D eigenvalue weighted by Crippen LogP contribution is 2.22. The smallest absolute Gasteiger partial charge is 0.251 e. The monoisotopic (exact) mass is 367 g/mol. The van der Waals surface area contributed by atoms with E-state index in [1.54, 1.807) is 17.0 Å². The molecular weight excluding hydrogens is 342 g/mol. The van der Waals surface area contributed by atoms with Crippen LogP contribution < -0.4 is 10.2 Å². The molecule has 1 N–H and O–H groups in total. The Kier molecular flexibility index (Phi) is 4.92. The summed E-state index contributed by atoms with van der Waals surface area (Å²) in [5.74, 6) is 1.84. The minimum Gasteiger partial charge on any atom is -0.342 e. The maximum absolute atomic E-state index is 12.6. The van der Waals surface area contributed by atoms with Gasteiger partial charge in [0.05, 0.1) is 6.04 Å². The van der Waals surface area contributed by atoms with E-state index in [-0.39, 0.29) is 17.9 Å². The minimum atomic E-state index is -0.211. The molecule has 2 aliphatic heterocycles. The molecule has 0 spiro atoms. The van der Waals surface area contributed by atoms with Gasteiger partial charge in [-0.2, -0.15) is 0 Å². The van der Waals surface area contributed by atoms with Crippen LogP contribution in [0.1, 0.15) is 67.1 Å². The number of hydrogen-bond acceptors (Lipinski definition) is 4. The fourth-order valence-corrected chi connectivity index (χ4v) is 3.89. The van der Waals surface area contributed by atoms with E-state index in [1.807, 2.05) is 19.1 Å². The first-order valence-electron chi connectivity index (χ1n) is 9.77. The summed E-state index contributed by atoms with van der Waals surface area (Å²) in [6.45, 7) is 3.60. The summed E-state index contributed by atoms with van der Waals surface area (Å²) in [4.78, 5) is 26.3. The number of aryl methyl sites for hydroxylation is 1. The molecule has 1 atom stereocenters. The van der Waals surface area contributed by atoms with Gasteiger partial charge in [0.15, 0.2) is 5.82 Å². The molecule has 2 aliphatic rings. The van der Waals surface area contributed by atoms with Crippen molar-refractivity contribution < 1.29 is 9.59 Å². The van der Waals surface area contributed by atoms with Crippen molar-refractivity contribution in [3.8, 4) is 0 Å². The average molecular weight is 367 g/mol. The highest BCUT2D eigenvalue weighted by Gasteiger charge is 2.23.